The third kappa shape index (κ3) is 8.12. The maximum absolute atomic E-state index is 5.80. The first-order valence-corrected chi connectivity index (χ1v) is 9.62. The van der Waals surface area contributed by atoms with Crippen molar-refractivity contribution in [3.8, 4) is 5.75 Å². The number of hydrogen-bond acceptors (Lipinski definition) is 3. The van der Waals surface area contributed by atoms with Crippen molar-refractivity contribution < 1.29 is 4.74 Å². The molecule has 2 rings (SSSR count). The van der Waals surface area contributed by atoms with E-state index in [0.717, 1.165) is 37.9 Å². The molecule has 0 aliphatic carbocycles. The van der Waals surface area contributed by atoms with Crippen molar-refractivity contribution in [2.45, 2.75) is 26.7 Å². The molecule has 0 aromatic heterocycles. The van der Waals surface area contributed by atoms with Gasteiger partial charge in [-0.1, -0.05) is 25.1 Å². The molecule has 0 radical (unpaired) electrons. The quantitative estimate of drug-likeness (QED) is 0.357. The fourth-order valence-corrected chi connectivity index (χ4v) is 3.20. The summed E-state index contributed by atoms with van der Waals surface area (Å²) in [5.41, 5.74) is 0. The van der Waals surface area contributed by atoms with Crippen molar-refractivity contribution >= 4 is 29.9 Å². The van der Waals surface area contributed by atoms with Crippen LogP contribution in [-0.2, 0) is 0 Å². The Labute approximate surface area is 176 Å². The summed E-state index contributed by atoms with van der Waals surface area (Å²) in [6.45, 7) is 11.2. The summed E-state index contributed by atoms with van der Waals surface area (Å²) in [7, 11) is 2.08. The zero-order chi connectivity index (χ0) is 17.9. The van der Waals surface area contributed by atoms with Crippen molar-refractivity contribution in [3.05, 3.63) is 30.3 Å². The highest BCUT2D eigenvalue weighted by Crippen LogP contribution is 2.16. The van der Waals surface area contributed by atoms with Gasteiger partial charge in [0.1, 0.15) is 12.4 Å². The molecule has 5 nitrogen and oxygen atoms in total. The van der Waals surface area contributed by atoms with Crippen molar-refractivity contribution in [2.75, 3.05) is 52.9 Å². The molecule has 0 amide bonds. The molecule has 1 atom stereocenters. The first kappa shape index (κ1) is 23.0. The van der Waals surface area contributed by atoms with Gasteiger partial charge in [0.2, 0.25) is 0 Å². The first-order valence-electron chi connectivity index (χ1n) is 9.62. The fraction of sp³-hybridized carbons (Fsp3) is 0.650. The van der Waals surface area contributed by atoms with Crippen molar-refractivity contribution in [3.63, 3.8) is 0 Å². The van der Waals surface area contributed by atoms with Gasteiger partial charge in [-0.2, -0.15) is 0 Å². The molecule has 1 aliphatic rings. The largest absolute Gasteiger partial charge is 0.492 e. The van der Waals surface area contributed by atoms with Crippen LogP contribution < -0.4 is 10.1 Å². The van der Waals surface area contributed by atoms with Crippen LogP contribution in [0.4, 0.5) is 0 Å². The van der Waals surface area contributed by atoms with Gasteiger partial charge in [0, 0.05) is 26.7 Å². The van der Waals surface area contributed by atoms with E-state index in [0.29, 0.717) is 12.5 Å². The van der Waals surface area contributed by atoms with Gasteiger partial charge in [-0.25, -0.2) is 0 Å². The second kappa shape index (κ2) is 13.2. The number of likely N-dealkylation sites (tertiary alicyclic amines) is 1. The molecular weight excluding hydrogens is 439 g/mol. The number of ether oxygens (including phenoxy) is 1. The summed E-state index contributed by atoms with van der Waals surface area (Å²) < 4.78 is 5.80. The van der Waals surface area contributed by atoms with Gasteiger partial charge in [-0.3, -0.25) is 4.99 Å². The van der Waals surface area contributed by atoms with Crippen LogP contribution in [0.1, 0.15) is 26.7 Å². The van der Waals surface area contributed by atoms with E-state index >= 15 is 0 Å². The lowest BCUT2D eigenvalue weighted by molar-refractivity contribution is 0.186. The topological polar surface area (TPSA) is 40.1 Å². The Balaban J connectivity index is 0.00000338. The molecule has 6 heteroatoms. The van der Waals surface area contributed by atoms with Crippen LogP contribution in [0.5, 0.6) is 5.75 Å². The predicted octanol–water partition coefficient (Wildman–Crippen LogP) is 3.31. The zero-order valence-corrected chi connectivity index (χ0v) is 18.8. The molecule has 1 aliphatic heterocycles. The summed E-state index contributed by atoms with van der Waals surface area (Å²) in [6.07, 6.45) is 2.59. The molecule has 1 saturated heterocycles. The Morgan fingerprint density at radius 2 is 2.08 bits per heavy atom. The number of guanidine groups is 1. The van der Waals surface area contributed by atoms with Crippen LogP contribution in [0.25, 0.3) is 0 Å². The Morgan fingerprint density at radius 1 is 1.31 bits per heavy atom. The van der Waals surface area contributed by atoms with E-state index in [1.54, 1.807) is 0 Å². The number of aliphatic imine (C=N–C) groups is 1. The summed E-state index contributed by atoms with van der Waals surface area (Å²) in [6, 6.07) is 9.96. The number of benzene rings is 1. The zero-order valence-electron chi connectivity index (χ0n) is 16.5. The molecule has 0 spiro atoms. The molecule has 1 N–H and O–H groups in total. The Bertz CT molecular complexity index is 512. The summed E-state index contributed by atoms with van der Waals surface area (Å²) >= 11 is 0. The molecule has 1 unspecified atom stereocenters. The first-order chi connectivity index (χ1) is 12.2. The van der Waals surface area contributed by atoms with E-state index in [1.165, 1.54) is 25.9 Å². The Hall–Kier alpha value is -1.02. The highest BCUT2D eigenvalue weighted by molar-refractivity contribution is 14.0. The maximum Gasteiger partial charge on any atom is 0.193 e. The average molecular weight is 474 g/mol. The van der Waals surface area contributed by atoms with Gasteiger partial charge in [0.15, 0.2) is 5.96 Å². The number of halogens is 1. The summed E-state index contributed by atoms with van der Waals surface area (Å²) in [5, 5.41) is 3.40. The maximum atomic E-state index is 5.80. The molecule has 1 aromatic carbocycles. The molecule has 1 aromatic rings. The van der Waals surface area contributed by atoms with Crippen LogP contribution in [0.3, 0.4) is 0 Å². The molecule has 0 saturated carbocycles. The molecule has 26 heavy (non-hydrogen) atoms. The van der Waals surface area contributed by atoms with Crippen LogP contribution in [-0.4, -0.2) is 68.7 Å². The number of likely N-dealkylation sites (N-methyl/N-ethyl adjacent to an activating group) is 1. The number of para-hydroxylation sites is 1. The number of hydrogen-bond donors (Lipinski definition) is 1. The summed E-state index contributed by atoms with van der Waals surface area (Å²) in [4.78, 5) is 9.58. The SMILES string of the molecule is CCNC(=NCC1CCCN(CC)C1)N(C)CCOc1ccccc1.I. The molecule has 1 fully saturated rings. The van der Waals surface area contributed by atoms with Gasteiger partial charge in [0.05, 0.1) is 6.54 Å². The van der Waals surface area contributed by atoms with E-state index in [-0.39, 0.29) is 24.0 Å². The van der Waals surface area contributed by atoms with Gasteiger partial charge in [-0.15, -0.1) is 24.0 Å². The Morgan fingerprint density at radius 3 is 2.77 bits per heavy atom. The lowest BCUT2D eigenvalue weighted by Gasteiger charge is -2.31. The van der Waals surface area contributed by atoms with E-state index < -0.39 is 0 Å². The number of piperidine rings is 1. The minimum Gasteiger partial charge on any atom is -0.492 e. The monoisotopic (exact) mass is 474 g/mol. The highest BCUT2D eigenvalue weighted by atomic mass is 127. The van der Waals surface area contributed by atoms with E-state index in [9.17, 15) is 0 Å². The van der Waals surface area contributed by atoms with Crippen LogP contribution >= 0.6 is 24.0 Å². The smallest absolute Gasteiger partial charge is 0.193 e. The van der Waals surface area contributed by atoms with E-state index in [4.69, 9.17) is 9.73 Å². The predicted molar refractivity (Wildman–Crippen MR) is 121 cm³/mol. The van der Waals surface area contributed by atoms with Crippen molar-refractivity contribution in [1.29, 1.82) is 0 Å². The van der Waals surface area contributed by atoms with Crippen molar-refractivity contribution in [1.82, 2.24) is 15.1 Å². The van der Waals surface area contributed by atoms with Crippen LogP contribution in [0.2, 0.25) is 0 Å². The van der Waals surface area contributed by atoms with Gasteiger partial charge in [0.25, 0.3) is 0 Å². The minimum absolute atomic E-state index is 0. The minimum atomic E-state index is 0. The van der Waals surface area contributed by atoms with E-state index in [2.05, 4.69) is 36.0 Å². The number of nitrogens with zero attached hydrogens (tertiary/aromatic N) is 3. The van der Waals surface area contributed by atoms with Gasteiger partial charge < -0.3 is 19.9 Å². The fourth-order valence-electron chi connectivity index (χ4n) is 3.20. The molecular formula is C20H35IN4O. The van der Waals surface area contributed by atoms with Crippen molar-refractivity contribution in [2.24, 2.45) is 10.9 Å². The highest BCUT2D eigenvalue weighted by Gasteiger charge is 2.18. The number of rotatable bonds is 8. The lowest BCUT2D eigenvalue weighted by Crippen LogP contribution is -2.42. The Kier molecular flexibility index (Phi) is 11.7. The van der Waals surface area contributed by atoms with Gasteiger partial charge in [-0.05, 0) is 50.9 Å². The average Bonchev–Trinajstić information content (AvgIpc) is 2.66. The second-order valence-corrected chi connectivity index (χ2v) is 6.68. The third-order valence-corrected chi connectivity index (χ3v) is 4.68. The third-order valence-electron chi connectivity index (χ3n) is 4.68. The molecule has 148 valence electrons. The number of nitrogens with one attached hydrogen (secondary N) is 1. The van der Waals surface area contributed by atoms with E-state index in [1.807, 2.05) is 30.3 Å². The van der Waals surface area contributed by atoms with Crippen LogP contribution in [0, 0.1) is 5.92 Å². The van der Waals surface area contributed by atoms with Crippen LogP contribution in [0.15, 0.2) is 35.3 Å². The second-order valence-electron chi connectivity index (χ2n) is 6.68. The van der Waals surface area contributed by atoms with Gasteiger partial charge >= 0.3 is 0 Å². The lowest BCUT2D eigenvalue weighted by atomic mass is 9.98. The standard InChI is InChI=1S/C20H34N4O.HI/c1-4-21-20(22-16-18-10-9-13-24(5-2)17-18)23(3)14-15-25-19-11-7-6-8-12-19;/h6-8,11-12,18H,4-5,9-10,13-17H2,1-3H3,(H,21,22);1H. The summed E-state index contributed by atoms with van der Waals surface area (Å²) in [5.74, 6) is 2.57. The normalized spacial score (nSPS) is 18.1. The molecule has 1 heterocycles. The molecule has 0 bridgehead atoms.